The minimum Gasteiger partial charge on any atom is -0.454 e. The molecule has 0 radical (unpaired) electrons. The van der Waals surface area contributed by atoms with E-state index in [1.165, 1.54) is 5.56 Å². The summed E-state index contributed by atoms with van der Waals surface area (Å²) >= 11 is 0. The second-order valence-electron chi connectivity index (χ2n) is 7.43. The average Bonchev–Trinajstić information content (AvgIpc) is 3.10. The van der Waals surface area contributed by atoms with E-state index in [2.05, 4.69) is 24.0 Å². The van der Waals surface area contributed by atoms with Gasteiger partial charge in [-0.15, -0.1) is 0 Å². The average molecular weight is 376 g/mol. The number of rotatable bonds is 4. The molecule has 2 fully saturated rings. The SMILES string of the molecule is C[C@@H]1[C@@H](CC(=O)N2CCOCC2)COCCN1Cc1ccc2c(c1)OCO2. The van der Waals surface area contributed by atoms with Crippen molar-refractivity contribution in [2.45, 2.75) is 25.9 Å². The highest BCUT2D eigenvalue weighted by Gasteiger charge is 2.30. The molecule has 0 unspecified atom stereocenters. The largest absolute Gasteiger partial charge is 0.454 e. The summed E-state index contributed by atoms with van der Waals surface area (Å²) in [6.07, 6.45) is 0.527. The van der Waals surface area contributed by atoms with Crippen molar-refractivity contribution in [1.29, 1.82) is 0 Å². The van der Waals surface area contributed by atoms with Crippen LogP contribution in [-0.4, -0.2) is 74.6 Å². The van der Waals surface area contributed by atoms with Crippen molar-refractivity contribution in [3.05, 3.63) is 23.8 Å². The van der Waals surface area contributed by atoms with Gasteiger partial charge in [0.05, 0.1) is 26.4 Å². The van der Waals surface area contributed by atoms with Crippen LogP contribution in [0.5, 0.6) is 11.5 Å². The number of hydrogen-bond acceptors (Lipinski definition) is 6. The number of carbonyl (C=O) groups is 1. The first-order valence-electron chi connectivity index (χ1n) is 9.76. The van der Waals surface area contributed by atoms with Crippen molar-refractivity contribution in [2.24, 2.45) is 5.92 Å². The van der Waals surface area contributed by atoms with E-state index in [1.807, 2.05) is 11.0 Å². The van der Waals surface area contributed by atoms with Gasteiger partial charge in [0.2, 0.25) is 12.7 Å². The summed E-state index contributed by atoms with van der Waals surface area (Å²) in [6.45, 7) is 8.16. The van der Waals surface area contributed by atoms with Crippen molar-refractivity contribution in [3.63, 3.8) is 0 Å². The summed E-state index contributed by atoms with van der Waals surface area (Å²) < 4.78 is 22.1. The number of hydrogen-bond donors (Lipinski definition) is 0. The Morgan fingerprint density at radius 3 is 2.70 bits per heavy atom. The van der Waals surface area contributed by atoms with Gasteiger partial charge >= 0.3 is 0 Å². The molecule has 0 N–H and O–H groups in total. The molecule has 7 nitrogen and oxygen atoms in total. The van der Waals surface area contributed by atoms with Crippen LogP contribution in [0.25, 0.3) is 0 Å². The summed E-state index contributed by atoms with van der Waals surface area (Å²) in [5.41, 5.74) is 1.19. The van der Waals surface area contributed by atoms with Crippen LogP contribution in [0, 0.1) is 5.92 Å². The first-order valence-corrected chi connectivity index (χ1v) is 9.76. The van der Waals surface area contributed by atoms with Crippen LogP contribution in [0.2, 0.25) is 0 Å². The Bertz CT molecular complexity index is 662. The molecule has 3 heterocycles. The second-order valence-corrected chi connectivity index (χ2v) is 7.43. The Balaban J connectivity index is 1.39. The van der Waals surface area contributed by atoms with E-state index >= 15 is 0 Å². The first kappa shape index (κ1) is 18.5. The lowest BCUT2D eigenvalue weighted by atomic mass is 9.95. The molecule has 1 aromatic carbocycles. The molecular weight excluding hydrogens is 348 g/mol. The molecule has 2 atom stereocenters. The molecule has 0 spiro atoms. The predicted molar refractivity (Wildman–Crippen MR) is 98.8 cm³/mol. The lowest BCUT2D eigenvalue weighted by Crippen LogP contribution is -2.44. The fraction of sp³-hybridized carbons (Fsp3) is 0.650. The van der Waals surface area contributed by atoms with Gasteiger partial charge in [-0.1, -0.05) is 6.07 Å². The molecule has 0 aliphatic carbocycles. The zero-order chi connectivity index (χ0) is 18.6. The molecule has 4 rings (SSSR count). The standard InChI is InChI=1S/C20H28N2O5/c1-15-17(11-20(23)21-4-7-24-8-5-21)13-25-9-6-22(15)12-16-2-3-18-19(10-16)27-14-26-18/h2-3,10,15,17H,4-9,11-14H2,1H3/t15-,17+/m1/s1. The van der Waals surface area contributed by atoms with Gasteiger partial charge in [0, 0.05) is 44.6 Å². The molecule has 148 valence electrons. The fourth-order valence-electron chi connectivity index (χ4n) is 3.95. The Morgan fingerprint density at radius 1 is 1.07 bits per heavy atom. The monoisotopic (exact) mass is 376 g/mol. The Hall–Kier alpha value is -1.83. The van der Waals surface area contributed by atoms with Crippen molar-refractivity contribution in [2.75, 3.05) is 52.9 Å². The second kappa shape index (κ2) is 8.46. The summed E-state index contributed by atoms with van der Waals surface area (Å²) in [5.74, 6) is 2.02. The van der Waals surface area contributed by atoms with Crippen molar-refractivity contribution in [1.82, 2.24) is 9.80 Å². The zero-order valence-electron chi connectivity index (χ0n) is 15.9. The summed E-state index contributed by atoms with van der Waals surface area (Å²) in [4.78, 5) is 17.0. The highest BCUT2D eigenvalue weighted by Crippen LogP contribution is 2.33. The van der Waals surface area contributed by atoms with Crippen LogP contribution in [0.4, 0.5) is 0 Å². The van der Waals surface area contributed by atoms with Gasteiger partial charge in [-0.3, -0.25) is 9.69 Å². The van der Waals surface area contributed by atoms with Crippen LogP contribution >= 0.6 is 0 Å². The van der Waals surface area contributed by atoms with Gasteiger partial charge in [0.1, 0.15) is 0 Å². The van der Waals surface area contributed by atoms with Crippen LogP contribution in [0.3, 0.4) is 0 Å². The molecule has 1 aromatic rings. The van der Waals surface area contributed by atoms with Crippen LogP contribution < -0.4 is 9.47 Å². The first-order chi connectivity index (χ1) is 13.2. The third-order valence-electron chi connectivity index (χ3n) is 5.74. The maximum atomic E-state index is 12.7. The zero-order valence-corrected chi connectivity index (χ0v) is 15.9. The van der Waals surface area contributed by atoms with E-state index in [0.717, 1.165) is 24.6 Å². The minimum absolute atomic E-state index is 0.192. The van der Waals surface area contributed by atoms with Gasteiger partial charge in [-0.05, 0) is 24.6 Å². The Labute approximate surface area is 160 Å². The van der Waals surface area contributed by atoms with E-state index in [-0.39, 0.29) is 17.9 Å². The van der Waals surface area contributed by atoms with E-state index in [9.17, 15) is 4.79 Å². The highest BCUT2D eigenvalue weighted by atomic mass is 16.7. The molecule has 3 aliphatic rings. The topological polar surface area (TPSA) is 60.5 Å². The van der Waals surface area contributed by atoms with Gasteiger partial charge in [-0.25, -0.2) is 0 Å². The van der Waals surface area contributed by atoms with E-state index in [1.54, 1.807) is 0 Å². The van der Waals surface area contributed by atoms with Crippen molar-refractivity contribution >= 4 is 5.91 Å². The van der Waals surface area contributed by atoms with Crippen LogP contribution in [0.15, 0.2) is 18.2 Å². The number of morpholine rings is 1. The van der Waals surface area contributed by atoms with Crippen LogP contribution in [-0.2, 0) is 20.8 Å². The van der Waals surface area contributed by atoms with Gasteiger partial charge < -0.3 is 23.8 Å². The van der Waals surface area contributed by atoms with Gasteiger partial charge in [0.15, 0.2) is 11.5 Å². The van der Waals surface area contributed by atoms with Crippen LogP contribution in [0.1, 0.15) is 18.9 Å². The molecular formula is C20H28N2O5. The number of fused-ring (bicyclic) bond motifs is 1. The lowest BCUT2D eigenvalue weighted by Gasteiger charge is -2.33. The van der Waals surface area contributed by atoms with E-state index in [0.29, 0.717) is 52.7 Å². The fourth-order valence-corrected chi connectivity index (χ4v) is 3.95. The molecule has 1 amide bonds. The summed E-state index contributed by atoms with van der Waals surface area (Å²) in [6, 6.07) is 6.37. The minimum atomic E-state index is 0.192. The number of nitrogens with zero attached hydrogens (tertiary/aromatic N) is 2. The predicted octanol–water partition coefficient (Wildman–Crippen LogP) is 1.50. The summed E-state index contributed by atoms with van der Waals surface area (Å²) in [7, 11) is 0. The normalized spacial score (nSPS) is 26.0. The molecule has 3 aliphatic heterocycles. The molecule has 2 saturated heterocycles. The number of ether oxygens (including phenoxy) is 4. The quantitative estimate of drug-likeness (QED) is 0.794. The number of carbonyl (C=O) groups excluding carboxylic acids is 1. The maximum absolute atomic E-state index is 12.7. The van der Waals surface area contributed by atoms with Crippen molar-refractivity contribution in [3.8, 4) is 11.5 Å². The molecule has 0 aromatic heterocycles. The molecule has 0 saturated carbocycles. The Kier molecular flexibility index (Phi) is 5.80. The maximum Gasteiger partial charge on any atom is 0.231 e. The third-order valence-corrected chi connectivity index (χ3v) is 5.74. The molecule has 27 heavy (non-hydrogen) atoms. The van der Waals surface area contributed by atoms with E-state index < -0.39 is 0 Å². The smallest absolute Gasteiger partial charge is 0.231 e. The number of amides is 1. The van der Waals surface area contributed by atoms with Gasteiger partial charge in [0.25, 0.3) is 0 Å². The van der Waals surface area contributed by atoms with Gasteiger partial charge in [-0.2, -0.15) is 0 Å². The third kappa shape index (κ3) is 4.36. The Morgan fingerprint density at radius 2 is 1.85 bits per heavy atom. The van der Waals surface area contributed by atoms with Crippen molar-refractivity contribution < 1.29 is 23.7 Å². The molecule has 0 bridgehead atoms. The summed E-state index contributed by atoms with van der Waals surface area (Å²) in [5, 5.41) is 0. The highest BCUT2D eigenvalue weighted by molar-refractivity contribution is 5.76. The number of benzene rings is 1. The lowest BCUT2D eigenvalue weighted by molar-refractivity contribution is -0.137. The molecule has 7 heteroatoms. The van der Waals surface area contributed by atoms with E-state index in [4.69, 9.17) is 18.9 Å².